The van der Waals surface area contributed by atoms with Gasteiger partial charge in [0.15, 0.2) is 0 Å². The fourth-order valence-corrected chi connectivity index (χ4v) is 3.31. The molecule has 2 nitrogen and oxygen atoms in total. The average Bonchev–Trinajstić information content (AvgIpc) is 2.56. The quantitative estimate of drug-likeness (QED) is 0.842. The van der Waals surface area contributed by atoms with Crippen molar-refractivity contribution in [2.75, 3.05) is 18.0 Å². The molecular formula is C20H23NO. The van der Waals surface area contributed by atoms with E-state index >= 15 is 0 Å². The lowest BCUT2D eigenvalue weighted by Gasteiger charge is -2.34. The summed E-state index contributed by atoms with van der Waals surface area (Å²) >= 11 is 0. The van der Waals surface area contributed by atoms with Gasteiger partial charge in [0.25, 0.3) is 0 Å². The number of nitrogens with zero attached hydrogens (tertiary/aromatic N) is 1. The van der Waals surface area contributed by atoms with Crippen LogP contribution in [-0.2, 0) is 11.2 Å². The lowest BCUT2D eigenvalue weighted by atomic mass is 9.89. The molecule has 3 rings (SSSR count). The first-order valence-electron chi connectivity index (χ1n) is 8.10. The van der Waals surface area contributed by atoms with Crippen LogP contribution in [0.25, 0.3) is 0 Å². The Morgan fingerprint density at radius 2 is 1.64 bits per heavy atom. The third-order valence-corrected chi connectivity index (χ3v) is 4.52. The number of ketones is 1. The summed E-state index contributed by atoms with van der Waals surface area (Å²) < 4.78 is 0. The number of hydrogen-bond donors (Lipinski definition) is 0. The Kier molecular flexibility index (Phi) is 4.57. The molecule has 1 aliphatic heterocycles. The summed E-state index contributed by atoms with van der Waals surface area (Å²) in [5, 5.41) is 0. The topological polar surface area (TPSA) is 20.3 Å². The first kappa shape index (κ1) is 14.8. The zero-order valence-electron chi connectivity index (χ0n) is 13.2. The smallest absolute Gasteiger partial charge is 0.134 e. The summed E-state index contributed by atoms with van der Waals surface area (Å²) in [6, 6.07) is 19.3. The van der Waals surface area contributed by atoms with Crippen LogP contribution in [0.3, 0.4) is 0 Å². The first-order valence-corrected chi connectivity index (χ1v) is 8.10. The number of rotatable bonds is 4. The predicted molar refractivity (Wildman–Crippen MR) is 91.5 cm³/mol. The molecule has 2 heteroatoms. The molecule has 2 aromatic rings. The van der Waals surface area contributed by atoms with Crippen LogP contribution in [0.5, 0.6) is 0 Å². The molecule has 0 spiro atoms. The Balaban J connectivity index is 1.60. The lowest BCUT2D eigenvalue weighted by Crippen LogP contribution is -2.32. The molecule has 0 atom stereocenters. The number of piperidine rings is 1. The molecule has 0 bridgehead atoms. The molecule has 0 saturated carbocycles. The van der Waals surface area contributed by atoms with Crippen molar-refractivity contribution >= 4 is 11.5 Å². The van der Waals surface area contributed by atoms with Gasteiger partial charge in [0.1, 0.15) is 5.78 Å². The van der Waals surface area contributed by atoms with E-state index in [4.69, 9.17) is 0 Å². The van der Waals surface area contributed by atoms with Crippen LogP contribution in [0.4, 0.5) is 5.69 Å². The van der Waals surface area contributed by atoms with Crippen LogP contribution in [0, 0.1) is 0 Å². The van der Waals surface area contributed by atoms with Gasteiger partial charge in [-0.2, -0.15) is 0 Å². The molecular weight excluding hydrogens is 270 g/mol. The van der Waals surface area contributed by atoms with E-state index in [9.17, 15) is 4.79 Å². The molecule has 0 aliphatic carbocycles. The number of benzene rings is 2. The molecule has 22 heavy (non-hydrogen) atoms. The van der Waals surface area contributed by atoms with Crippen molar-refractivity contribution in [3.05, 3.63) is 65.7 Å². The van der Waals surface area contributed by atoms with Crippen LogP contribution in [0.15, 0.2) is 54.6 Å². The molecule has 0 radical (unpaired) electrons. The molecule has 0 aromatic heterocycles. The fourth-order valence-electron chi connectivity index (χ4n) is 3.31. The van der Waals surface area contributed by atoms with E-state index < -0.39 is 0 Å². The van der Waals surface area contributed by atoms with Gasteiger partial charge in [-0.1, -0.05) is 42.5 Å². The van der Waals surface area contributed by atoms with E-state index in [1.807, 2.05) is 0 Å². The van der Waals surface area contributed by atoms with Crippen LogP contribution in [0.1, 0.15) is 36.8 Å². The van der Waals surface area contributed by atoms with Crippen LogP contribution < -0.4 is 4.90 Å². The summed E-state index contributed by atoms with van der Waals surface area (Å²) in [4.78, 5) is 13.6. The minimum absolute atomic E-state index is 0.219. The molecule has 0 unspecified atom stereocenters. The molecule has 1 saturated heterocycles. The highest BCUT2D eigenvalue weighted by Crippen LogP contribution is 2.30. The highest BCUT2D eigenvalue weighted by molar-refractivity contribution is 5.78. The lowest BCUT2D eigenvalue weighted by molar-refractivity contribution is -0.116. The molecule has 1 fully saturated rings. The van der Waals surface area contributed by atoms with Crippen molar-refractivity contribution in [2.24, 2.45) is 0 Å². The molecule has 0 amide bonds. The van der Waals surface area contributed by atoms with Gasteiger partial charge in [0, 0.05) is 25.2 Å². The van der Waals surface area contributed by atoms with Gasteiger partial charge in [0.05, 0.1) is 0 Å². The normalized spacial score (nSPS) is 15.8. The van der Waals surface area contributed by atoms with Crippen molar-refractivity contribution in [2.45, 2.75) is 32.1 Å². The second-order valence-electron chi connectivity index (χ2n) is 6.22. The average molecular weight is 293 g/mol. The van der Waals surface area contributed by atoms with Gasteiger partial charge in [0.2, 0.25) is 0 Å². The predicted octanol–water partition coefficient (Wildman–Crippen LogP) is 4.20. The zero-order chi connectivity index (χ0) is 15.4. The van der Waals surface area contributed by atoms with Gasteiger partial charge in [-0.05, 0) is 48.9 Å². The monoisotopic (exact) mass is 293 g/mol. The van der Waals surface area contributed by atoms with Crippen LogP contribution in [0.2, 0.25) is 0 Å². The largest absolute Gasteiger partial charge is 0.371 e. The SMILES string of the molecule is CC(=O)Cc1ccc(N2CCC(c3ccccc3)CC2)cc1. The number of carbonyl (C=O) groups excluding carboxylic acids is 1. The second-order valence-corrected chi connectivity index (χ2v) is 6.22. The standard InChI is InChI=1S/C20H23NO/c1-16(22)15-17-7-9-20(10-8-17)21-13-11-19(12-14-21)18-5-3-2-4-6-18/h2-10,19H,11-15H2,1H3. The third-order valence-electron chi connectivity index (χ3n) is 4.52. The van der Waals surface area contributed by atoms with Gasteiger partial charge in [-0.15, -0.1) is 0 Å². The Hall–Kier alpha value is -2.09. The maximum absolute atomic E-state index is 11.2. The molecule has 2 aromatic carbocycles. The Morgan fingerprint density at radius 1 is 1.00 bits per heavy atom. The zero-order valence-corrected chi connectivity index (χ0v) is 13.2. The molecule has 1 aliphatic rings. The van der Waals surface area contributed by atoms with E-state index in [1.165, 1.54) is 24.1 Å². The van der Waals surface area contributed by atoms with E-state index in [2.05, 4.69) is 59.5 Å². The Morgan fingerprint density at radius 3 is 2.23 bits per heavy atom. The van der Waals surface area contributed by atoms with Gasteiger partial charge in [-0.3, -0.25) is 4.79 Å². The van der Waals surface area contributed by atoms with Crippen molar-refractivity contribution < 1.29 is 4.79 Å². The van der Waals surface area contributed by atoms with E-state index in [1.54, 1.807) is 6.92 Å². The van der Waals surface area contributed by atoms with Gasteiger partial charge < -0.3 is 4.90 Å². The molecule has 1 heterocycles. The van der Waals surface area contributed by atoms with Gasteiger partial charge in [-0.25, -0.2) is 0 Å². The summed E-state index contributed by atoms with van der Waals surface area (Å²) in [6.07, 6.45) is 2.95. The Bertz CT molecular complexity index is 610. The van der Waals surface area contributed by atoms with E-state index in [0.717, 1.165) is 18.7 Å². The fraction of sp³-hybridized carbons (Fsp3) is 0.350. The van der Waals surface area contributed by atoms with Crippen molar-refractivity contribution in [1.82, 2.24) is 0 Å². The highest BCUT2D eigenvalue weighted by atomic mass is 16.1. The summed E-state index contributed by atoms with van der Waals surface area (Å²) in [5.41, 5.74) is 3.85. The summed E-state index contributed by atoms with van der Waals surface area (Å²) in [7, 11) is 0. The van der Waals surface area contributed by atoms with Crippen molar-refractivity contribution in [3.63, 3.8) is 0 Å². The third kappa shape index (κ3) is 3.56. The molecule has 114 valence electrons. The van der Waals surface area contributed by atoms with Crippen molar-refractivity contribution in [1.29, 1.82) is 0 Å². The first-order chi connectivity index (χ1) is 10.7. The van der Waals surface area contributed by atoms with E-state index in [0.29, 0.717) is 12.3 Å². The van der Waals surface area contributed by atoms with Crippen molar-refractivity contribution in [3.8, 4) is 0 Å². The van der Waals surface area contributed by atoms with Gasteiger partial charge >= 0.3 is 0 Å². The van der Waals surface area contributed by atoms with Crippen LogP contribution in [-0.4, -0.2) is 18.9 Å². The number of carbonyl (C=O) groups is 1. The highest BCUT2D eigenvalue weighted by Gasteiger charge is 2.20. The summed E-state index contributed by atoms with van der Waals surface area (Å²) in [6.45, 7) is 3.85. The minimum atomic E-state index is 0.219. The number of anilines is 1. The summed E-state index contributed by atoms with van der Waals surface area (Å²) in [5.74, 6) is 0.908. The maximum atomic E-state index is 11.2. The second kappa shape index (κ2) is 6.78. The molecule has 0 N–H and O–H groups in total. The minimum Gasteiger partial charge on any atom is -0.371 e. The van der Waals surface area contributed by atoms with E-state index in [-0.39, 0.29) is 5.78 Å². The maximum Gasteiger partial charge on any atom is 0.134 e. The van der Waals surface area contributed by atoms with Crippen LogP contribution >= 0.6 is 0 Å². The number of Topliss-reactive ketones (excluding diaryl/α,β-unsaturated/α-hetero) is 1. The number of hydrogen-bond acceptors (Lipinski definition) is 2. The Labute approximate surface area is 132 Å².